The van der Waals surface area contributed by atoms with Crippen molar-refractivity contribution < 1.29 is 36.2 Å². The molecule has 3 aromatic rings. The number of nitrogens with one attached hydrogen (secondary N) is 1. The van der Waals surface area contributed by atoms with Crippen LogP contribution in [-0.2, 0) is 11.3 Å². The molecule has 5 rings (SSSR count). The summed E-state index contributed by atoms with van der Waals surface area (Å²) < 4.78 is 72.4. The molecule has 1 aliphatic heterocycles. The zero-order valence-electron chi connectivity index (χ0n) is 19.3. The van der Waals surface area contributed by atoms with Crippen molar-refractivity contribution in [2.45, 2.75) is 31.6 Å². The van der Waals surface area contributed by atoms with E-state index >= 15 is 0 Å². The molecule has 1 saturated heterocycles. The first kappa shape index (κ1) is 26.4. The quantitative estimate of drug-likeness (QED) is 0.380. The lowest BCUT2D eigenvalue weighted by Crippen LogP contribution is -2.46. The van der Waals surface area contributed by atoms with Crippen molar-refractivity contribution in [3.05, 3.63) is 53.6 Å². The summed E-state index contributed by atoms with van der Waals surface area (Å²) in [6.07, 6.45) is 0.571. The fourth-order valence-electron chi connectivity index (χ4n) is 3.68. The van der Waals surface area contributed by atoms with Crippen LogP contribution in [0.25, 0.3) is 11.0 Å². The Morgan fingerprint density at radius 3 is 2.27 bits per heavy atom. The highest BCUT2D eigenvalue weighted by atomic mass is 19.4. The molecule has 198 valence electrons. The third kappa shape index (κ3) is 6.76. The summed E-state index contributed by atoms with van der Waals surface area (Å²) in [7, 11) is 0. The number of halogens is 6. The van der Waals surface area contributed by atoms with Gasteiger partial charge in [-0.3, -0.25) is 9.88 Å². The molecule has 8 nitrogen and oxygen atoms in total. The van der Waals surface area contributed by atoms with Crippen LogP contribution in [0.2, 0.25) is 0 Å². The molecule has 2 aliphatic rings. The average Bonchev–Trinajstić information content (AvgIpc) is 3.66. The summed E-state index contributed by atoms with van der Waals surface area (Å²) in [6.45, 7) is 2.89. The Hall–Kier alpha value is -3.68. The fourth-order valence-corrected chi connectivity index (χ4v) is 3.68. The van der Waals surface area contributed by atoms with Gasteiger partial charge in [0.15, 0.2) is 23.3 Å². The Balaban J connectivity index is 0.000000405. The van der Waals surface area contributed by atoms with Gasteiger partial charge in [0.1, 0.15) is 11.3 Å². The number of piperazine rings is 1. The van der Waals surface area contributed by atoms with Gasteiger partial charge < -0.3 is 15.3 Å². The van der Waals surface area contributed by atoms with Crippen LogP contribution in [0.4, 0.5) is 38.0 Å². The van der Waals surface area contributed by atoms with E-state index in [9.17, 15) is 26.3 Å². The zero-order chi connectivity index (χ0) is 26.7. The van der Waals surface area contributed by atoms with Gasteiger partial charge in [0, 0.05) is 56.6 Å². The number of alkyl halides is 3. The largest absolute Gasteiger partial charge is 0.490 e. The molecule has 1 saturated carbocycles. The Labute approximate surface area is 206 Å². The maximum Gasteiger partial charge on any atom is 0.490 e. The van der Waals surface area contributed by atoms with Crippen LogP contribution < -0.4 is 10.2 Å². The predicted octanol–water partition coefficient (Wildman–Crippen LogP) is 3.97. The number of nitrogens with zero attached hydrogens (tertiary/aromatic N) is 5. The van der Waals surface area contributed by atoms with Crippen molar-refractivity contribution in [2.24, 2.45) is 0 Å². The minimum absolute atomic E-state index is 0.163. The van der Waals surface area contributed by atoms with E-state index in [1.54, 1.807) is 12.4 Å². The number of rotatable bonds is 5. The summed E-state index contributed by atoms with van der Waals surface area (Å²) in [4.78, 5) is 26.8. The van der Waals surface area contributed by atoms with Crippen molar-refractivity contribution in [1.29, 1.82) is 0 Å². The van der Waals surface area contributed by atoms with Gasteiger partial charge >= 0.3 is 12.1 Å². The van der Waals surface area contributed by atoms with E-state index in [0.717, 1.165) is 41.6 Å². The number of hydrogen-bond donors (Lipinski definition) is 2. The van der Waals surface area contributed by atoms with Crippen LogP contribution >= 0.6 is 0 Å². The van der Waals surface area contributed by atoms with Crippen LogP contribution in [0.3, 0.4) is 0 Å². The molecule has 0 atom stereocenters. The molecular weight excluding hydrogens is 506 g/mol. The minimum atomic E-state index is -5.08. The molecule has 3 heterocycles. The van der Waals surface area contributed by atoms with Gasteiger partial charge in [0.05, 0.1) is 11.7 Å². The Kier molecular flexibility index (Phi) is 7.66. The van der Waals surface area contributed by atoms with Crippen LogP contribution in [0.15, 0.2) is 30.6 Å². The maximum absolute atomic E-state index is 14.0. The normalized spacial score (nSPS) is 16.3. The van der Waals surface area contributed by atoms with Gasteiger partial charge in [0.2, 0.25) is 0 Å². The van der Waals surface area contributed by atoms with E-state index in [1.165, 1.54) is 0 Å². The number of pyridine rings is 1. The van der Waals surface area contributed by atoms with Crippen LogP contribution in [0.5, 0.6) is 0 Å². The molecule has 2 aromatic heterocycles. The molecule has 2 N–H and O–H groups in total. The van der Waals surface area contributed by atoms with Crippen molar-refractivity contribution in [3.63, 3.8) is 0 Å². The molecule has 0 amide bonds. The van der Waals surface area contributed by atoms with Gasteiger partial charge in [-0.1, -0.05) is 0 Å². The van der Waals surface area contributed by atoms with Crippen LogP contribution in [0.1, 0.15) is 18.4 Å². The Morgan fingerprint density at radius 1 is 1.00 bits per heavy atom. The van der Waals surface area contributed by atoms with Crippen molar-refractivity contribution in [2.75, 3.05) is 36.4 Å². The van der Waals surface area contributed by atoms with Gasteiger partial charge in [-0.05, 0) is 25.0 Å². The van der Waals surface area contributed by atoms with Crippen molar-refractivity contribution >= 4 is 28.6 Å². The van der Waals surface area contributed by atoms with Crippen molar-refractivity contribution in [3.8, 4) is 0 Å². The SMILES string of the molecule is Fc1cc(F)c(CN2CCN(c3nc4ccncc4nc3NC3CC3)CC2)cc1F.O=C(O)C(F)(F)F. The summed E-state index contributed by atoms with van der Waals surface area (Å²) in [6, 6.07) is 3.83. The molecule has 0 radical (unpaired) electrons. The molecule has 2 fully saturated rings. The van der Waals surface area contributed by atoms with E-state index in [4.69, 9.17) is 19.9 Å². The third-order valence-corrected chi connectivity index (χ3v) is 5.76. The first-order chi connectivity index (χ1) is 17.5. The minimum Gasteiger partial charge on any atom is -0.475 e. The van der Waals surface area contributed by atoms with E-state index in [-0.39, 0.29) is 12.1 Å². The van der Waals surface area contributed by atoms with Gasteiger partial charge in [-0.15, -0.1) is 0 Å². The number of fused-ring (bicyclic) bond motifs is 1. The average molecular weight is 528 g/mol. The van der Waals surface area contributed by atoms with Gasteiger partial charge in [0.25, 0.3) is 0 Å². The molecule has 14 heteroatoms. The fraction of sp³-hybridized carbons (Fsp3) is 0.391. The molecule has 1 aromatic carbocycles. The number of anilines is 2. The first-order valence-electron chi connectivity index (χ1n) is 11.3. The first-order valence-corrected chi connectivity index (χ1v) is 11.3. The lowest BCUT2D eigenvalue weighted by molar-refractivity contribution is -0.192. The summed E-state index contributed by atoms with van der Waals surface area (Å²) >= 11 is 0. The van der Waals surface area contributed by atoms with Crippen LogP contribution in [0, 0.1) is 17.5 Å². The Morgan fingerprint density at radius 2 is 1.65 bits per heavy atom. The molecule has 1 aliphatic carbocycles. The second-order valence-electron chi connectivity index (χ2n) is 8.60. The molecule has 0 unspecified atom stereocenters. The lowest BCUT2D eigenvalue weighted by Gasteiger charge is -2.36. The van der Waals surface area contributed by atoms with E-state index in [0.29, 0.717) is 38.3 Å². The smallest absolute Gasteiger partial charge is 0.475 e. The highest BCUT2D eigenvalue weighted by molar-refractivity contribution is 5.80. The molecule has 0 spiro atoms. The number of hydrogen-bond acceptors (Lipinski definition) is 7. The topological polar surface area (TPSA) is 94.5 Å². The summed E-state index contributed by atoms with van der Waals surface area (Å²) in [5, 5.41) is 10.6. The van der Waals surface area contributed by atoms with E-state index < -0.39 is 29.6 Å². The number of carboxylic acids is 1. The standard InChI is InChI=1S/C21H21F3N6.C2HF3O2/c22-15-10-17(24)16(23)9-13(15)12-29-5-7-30(8-6-29)21-20(26-14-1-2-14)27-19-11-25-4-3-18(19)28-21;3-2(4,5)1(6)7/h3-4,9-11,14H,1-2,5-8,12H2,(H,26,27);(H,6,7). The number of carbonyl (C=O) groups is 1. The lowest BCUT2D eigenvalue weighted by atomic mass is 10.1. The van der Waals surface area contributed by atoms with Gasteiger partial charge in [-0.2, -0.15) is 13.2 Å². The molecule has 37 heavy (non-hydrogen) atoms. The maximum atomic E-state index is 14.0. The molecule has 0 bridgehead atoms. The predicted molar refractivity (Wildman–Crippen MR) is 121 cm³/mol. The number of aliphatic carboxylic acids is 1. The second-order valence-corrected chi connectivity index (χ2v) is 8.60. The van der Waals surface area contributed by atoms with E-state index in [1.807, 2.05) is 11.0 Å². The highest BCUT2D eigenvalue weighted by Gasteiger charge is 2.38. The monoisotopic (exact) mass is 528 g/mol. The Bertz CT molecular complexity index is 1280. The van der Waals surface area contributed by atoms with Gasteiger partial charge in [-0.25, -0.2) is 27.9 Å². The number of benzene rings is 1. The number of aromatic nitrogens is 3. The summed E-state index contributed by atoms with van der Waals surface area (Å²) in [5.41, 5.74) is 1.70. The number of carboxylic acid groups (broad SMARTS) is 1. The van der Waals surface area contributed by atoms with Crippen LogP contribution in [-0.4, -0.2) is 69.3 Å². The zero-order valence-corrected chi connectivity index (χ0v) is 19.3. The third-order valence-electron chi connectivity index (χ3n) is 5.76. The molecular formula is C23H22F6N6O2. The summed E-state index contributed by atoms with van der Waals surface area (Å²) in [5.74, 6) is -4.10. The van der Waals surface area contributed by atoms with Crippen molar-refractivity contribution in [1.82, 2.24) is 19.9 Å². The second kappa shape index (κ2) is 10.7. The highest BCUT2D eigenvalue weighted by Crippen LogP contribution is 2.31. The van der Waals surface area contributed by atoms with E-state index in [2.05, 4.69) is 15.2 Å².